The van der Waals surface area contributed by atoms with E-state index < -0.39 is 0 Å². The number of aliphatic hydroxyl groups is 1. The van der Waals surface area contributed by atoms with Crippen LogP contribution in [-0.4, -0.2) is 34.6 Å². The maximum absolute atomic E-state index is 12.6. The Morgan fingerprint density at radius 3 is 2.48 bits per heavy atom. The van der Waals surface area contributed by atoms with Crippen LogP contribution >= 0.6 is 0 Å². The summed E-state index contributed by atoms with van der Waals surface area (Å²) >= 11 is 0. The van der Waals surface area contributed by atoms with Crippen molar-refractivity contribution < 1.29 is 9.90 Å². The van der Waals surface area contributed by atoms with Crippen molar-refractivity contribution in [2.24, 2.45) is 5.92 Å². The van der Waals surface area contributed by atoms with Gasteiger partial charge in [0.05, 0.1) is 6.10 Å². The van der Waals surface area contributed by atoms with Crippen LogP contribution < -0.4 is 0 Å². The van der Waals surface area contributed by atoms with Gasteiger partial charge < -0.3 is 10.0 Å². The maximum Gasteiger partial charge on any atom is 0.222 e. The zero-order valence-corrected chi connectivity index (χ0v) is 13.7. The lowest BCUT2D eigenvalue weighted by Gasteiger charge is -2.32. The summed E-state index contributed by atoms with van der Waals surface area (Å²) in [4.78, 5) is 14.7. The molecule has 0 aromatic heterocycles. The molecule has 0 spiro atoms. The largest absolute Gasteiger partial charge is 0.393 e. The summed E-state index contributed by atoms with van der Waals surface area (Å²) in [5.74, 6) is 1.12. The van der Waals surface area contributed by atoms with Crippen LogP contribution in [0.4, 0.5) is 0 Å². The number of carbonyl (C=O) groups excluding carboxylic acids is 1. The van der Waals surface area contributed by atoms with E-state index in [2.05, 4.69) is 4.90 Å². The molecule has 3 nitrogen and oxygen atoms in total. The third-order valence-electron chi connectivity index (χ3n) is 5.30. The lowest BCUT2D eigenvalue weighted by molar-refractivity contribution is -0.134. The van der Waals surface area contributed by atoms with E-state index >= 15 is 0 Å². The van der Waals surface area contributed by atoms with E-state index in [4.69, 9.17) is 0 Å². The Labute approximate surface area is 130 Å². The molecule has 2 atom stereocenters. The minimum absolute atomic E-state index is 0.270. The first kappa shape index (κ1) is 16.8. The molecule has 2 aliphatic rings. The SMILES string of the molecule is CC(O)CC1CCCCCN1C(=O)CCC1CCCCC1. The predicted octanol–water partition coefficient (Wildman–Crippen LogP) is 3.89. The van der Waals surface area contributed by atoms with Gasteiger partial charge in [0.1, 0.15) is 0 Å². The summed E-state index contributed by atoms with van der Waals surface area (Å²) in [6.07, 6.45) is 13.6. The van der Waals surface area contributed by atoms with Crippen molar-refractivity contribution in [3.8, 4) is 0 Å². The average molecular weight is 295 g/mol. The molecule has 0 aromatic rings. The molecule has 1 amide bonds. The highest BCUT2D eigenvalue weighted by molar-refractivity contribution is 5.76. The van der Waals surface area contributed by atoms with Crippen molar-refractivity contribution in [3.63, 3.8) is 0 Å². The number of nitrogens with zero attached hydrogens (tertiary/aromatic N) is 1. The van der Waals surface area contributed by atoms with Crippen molar-refractivity contribution in [3.05, 3.63) is 0 Å². The van der Waals surface area contributed by atoms with Gasteiger partial charge >= 0.3 is 0 Å². The van der Waals surface area contributed by atoms with Crippen LogP contribution in [0.25, 0.3) is 0 Å². The van der Waals surface area contributed by atoms with Gasteiger partial charge in [0.2, 0.25) is 5.91 Å². The maximum atomic E-state index is 12.6. The summed E-state index contributed by atoms with van der Waals surface area (Å²) in [5.41, 5.74) is 0. The van der Waals surface area contributed by atoms with Crippen LogP contribution in [0.15, 0.2) is 0 Å². The fourth-order valence-electron chi connectivity index (χ4n) is 4.09. The zero-order chi connectivity index (χ0) is 15.1. The minimum atomic E-state index is -0.304. The molecule has 1 N–H and O–H groups in total. The van der Waals surface area contributed by atoms with Crippen LogP contribution in [0.2, 0.25) is 0 Å². The Balaban J connectivity index is 1.84. The van der Waals surface area contributed by atoms with Gasteiger partial charge in [-0.25, -0.2) is 0 Å². The van der Waals surface area contributed by atoms with Crippen LogP contribution in [-0.2, 0) is 4.79 Å². The Morgan fingerprint density at radius 1 is 1.10 bits per heavy atom. The fourth-order valence-corrected chi connectivity index (χ4v) is 4.09. The van der Waals surface area contributed by atoms with E-state index in [9.17, 15) is 9.90 Å². The van der Waals surface area contributed by atoms with E-state index in [1.807, 2.05) is 6.92 Å². The predicted molar refractivity (Wildman–Crippen MR) is 86.1 cm³/mol. The molecule has 2 rings (SSSR count). The lowest BCUT2D eigenvalue weighted by atomic mass is 9.86. The molecule has 0 bridgehead atoms. The quantitative estimate of drug-likeness (QED) is 0.836. The lowest BCUT2D eigenvalue weighted by Crippen LogP contribution is -2.41. The summed E-state index contributed by atoms with van der Waals surface area (Å²) in [6.45, 7) is 2.75. The first-order valence-corrected chi connectivity index (χ1v) is 9.14. The Hall–Kier alpha value is -0.570. The molecule has 0 radical (unpaired) electrons. The Morgan fingerprint density at radius 2 is 1.76 bits per heavy atom. The van der Waals surface area contributed by atoms with Crippen LogP contribution in [0.3, 0.4) is 0 Å². The molecule has 122 valence electrons. The van der Waals surface area contributed by atoms with E-state index in [1.165, 1.54) is 44.9 Å². The number of amides is 1. The molecule has 1 heterocycles. The molecule has 3 heteroatoms. The second-order valence-corrected chi connectivity index (χ2v) is 7.22. The van der Waals surface area contributed by atoms with Crippen molar-refractivity contribution in [2.75, 3.05) is 6.54 Å². The second kappa shape index (κ2) is 8.77. The van der Waals surface area contributed by atoms with Gasteiger partial charge in [0, 0.05) is 19.0 Å². The molecular formula is C18H33NO2. The number of hydrogen-bond donors (Lipinski definition) is 1. The second-order valence-electron chi connectivity index (χ2n) is 7.22. The molecule has 2 fully saturated rings. The van der Waals surface area contributed by atoms with Crippen molar-refractivity contribution in [1.29, 1.82) is 0 Å². The van der Waals surface area contributed by atoms with Gasteiger partial charge in [-0.1, -0.05) is 44.9 Å². The van der Waals surface area contributed by atoms with Gasteiger partial charge in [0.25, 0.3) is 0 Å². The third kappa shape index (κ3) is 5.61. The molecule has 0 aromatic carbocycles. The first-order valence-electron chi connectivity index (χ1n) is 9.14. The van der Waals surface area contributed by atoms with Crippen molar-refractivity contribution >= 4 is 5.91 Å². The highest BCUT2D eigenvalue weighted by Crippen LogP contribution is 2.28. The standard InChI is InChI=1S/C18H33NO2/c1-15(20)14-17-10-6-3-7-13-19(17)18(21)12-11-16-8-4-2-5-9-16/h15-17,20H,2-14H2,1H3. The molecule has 1 saturated heterocycles. The fraction of sp³-hybridized carbons (Fsp3) is 0.944. The van der Waals surface area contributed by atoms with Gasteiger partial charge in [-0.2, -0.15) is 0 Å². The highest BCUT2D eigenvalue weighted by atomic mass is 16.3. The summed E-state index contributed by atoms with van der Waals surface area (Å²) in [7, 11) is 0. The molecule has 21 heavy (non-hydrogen) atoms. The van der Waals surface area contributed by atoms with Crippen LogP contribution in [0.5, 0.6) is 0 Å². The summed E-state index contributed by atoms with van der Waals surface area (Å²) < 4.78 is 0. The summed E-state index contributed by atoms with van der Waals surface area (Å²) in [6, 6.07) is 0.270. The number of aliphatic hydroxyl groups excluding tert-OH is 1. The number of hydrogen-bond acceptors (Lipinski definition) is 2. The summed E-state index contributed by atoms with van der Waals surface area (Å²) in [5, 5.41) is 9.69. The Bertz CT molecular complexity index is 310. The Kier molecular flexibility index (Phi) is 7.01. The molecule has 1 aliphatic heterocycles. The van der Waals surface area contributed by atoms with Gasteiger partial charge in [-0.05, 0) is 38.5 Å². The van der Waals surface area contributed by atoms with E-state index in [0.717, 1.165) is 44.6 Å². The first-order chi connectivity index (χ1) is 10.2. The highest BCUT2D eigenvalue weighted by Gasteiger charge is 2.26. The van der Waals surface area contributed by atoms with Gasteiger partial charge in [-0.3, -0.25) is 4.79 Å². The molecule has 1 saturated carbocycles. The van der Waals surface area contributed by atoms with E-state index in [-0.39, 0.29) is 12.1 Å². The van der Waals surface area contributed by atoms with Gasteiger partial charge in [-0.15, -0.1) is 0 Å². The number of carbonyl (C=O) groups is 1. The number of rotatable bonds is 5. The molecular weight excluding hydrogens is 262 g/mol. The van der Waals surface area contributed by atoms with Gasteiger partial charge in [0.15, 0.2) is 0 Å². The van der Waals surface area contributed by atoms with Crippen LogP contribution in [0, 0.1) is 5.92 Å². The van der Waals surface area contributed by atoms with E-state index in [1.54, 1.807) is 0 Å². The zero-order valence-electron chi connectivity index (χ0n) is 13.7. The number of likely N-dealkylation sites (tertiary alicyclic amines) is 1. The normalized spacial score (nSPS) is 26.4. The monoisotopic (exact) mass is 295 g/mol. The van der Waals surface area contributed by atoms with Crippen LogP contribution in [0.1, 0.15) is 84.0 Å². The molecule has 2 unspecified atom stereocenters. The molecule has 1 aliphatic carbocycles. The third-order valence-corrected chi connectivity index (χ3v) is 5.30. The topological polar surface area (TPSA) is 40.5 Å². The average Bonchev–Trinajstić information content (AvgIpc) is 2.71. The van der Waals surface area contributed by atoms with Crippen molar-refractivity contribution in [1.82, 2.24) is 4.90 Å². The van der Waals surface area contributed by atoms with Crippen molar-refractivity contribution in [2.45, 2.75) is 96.1 Å². The minimum Gasteiger partial charge on any atom is -0.393 e. The van der Waals surface area contributed by atoms with E-state index in [0.29, 0.717) is 5.91 Å². The smallest absolute Gasteiger partial charge is 0.222 e.